The summed E-state index contributed by atoms with van der Waals surface area (Å²) in [6.07, 6.45) is 1.55. The van der Waals surface area contributed by atoms with Crippen LogP contribution in [-0.4, -0.2) is 31.9 Å². The highest BCUT2D eigenvalue weighted by molar-refractivity contribution is 7.89. The summed E-state index contributed by atoms with van der Waals surface area (Å²) in [7, 11) is -3.13. The van der Waals surface area contributed by atoms with Gasteiger partial charge < -0.3 is 5.11 Å². The fourth-order valence-corrected chi connectivity index (χ4v) is 1.59. The average molecular weight is 193 g/mol. The maximum atomic E-state index is 10.9. The van der Waals surface area contributed by atoms with Gasteiger partial charge in [-0.15, -0.1) is 0 Å². The van der Waals surface area contributed by atoms with Crippen LogP contribution in [0.1, 0.15) is 19.8 Å². The second-order valence-electron chi connectivity index (χ2n) is 3.16. The van der Waals surface area contributed by atoms with E-state index in [1.807, 2.05) is 0 Å². The molecule has 1 atom stereocenters. The first kappa shape index (κ1) is 9.95. The van der Waals surface area contributed by atoms with Crippen LogP contribution in [0.15, 0.2) is 0 Å². The topological polar surface area (TPSA) is 66.4 Å². The van der Waals surface area contributed by atoms with Crippen molar-refractivity contribution < 1.29 is 13.5 Å². The van der Waals surface area contributed by atoms with Crippen LogP contribution in [0.2, 0.25) is 0 Å². The molecule has 0 bridgehead atoms. The van der Waals surface area contributed by atoms with E-state index >= 15 is 0 Å². The van der Waals surface area contributed by atoms with E-state index in [4.69, 9.17) is 0 Å². The van der Waals surface area contributed by atoms with E-state index in [0.29, 0.717) is 5.92 Å². The van der Waals surface area contributed by atoms with Crippen LogP contribution in [0.25, 0.3) is 0 Å². The summed E-state index contributed by atoms with van der Waals surface area (Å²) in [5, 5.41) is 9.32. The van der Waals surface area contributed by atoms with Gasteiger partial charge in [-0.05, 0) is 25.7 Å². The predicted molar refractivity (Wildman–Crippen MR) is 46.2 cm³/mol. The zero-order valence-corrected chi connectivity index (χ0v) is 7.97. The number of hydrogen-bond acceptors (Lipinski definition) is 3. The number of aliphatic hydroxyl groups is 1. The van der Waals surface area contributed by atoms with E-state index in [1.165, 1.54) is 0 Å². The lowest BCUT2D eigenvalue weighted by molar-refractivity contribution is 0.155. The van der Waals surface area contributed by atoms with E-state index in [0.717, 1.165) is 12.8 Å². The Labute approximate surface area is 73.0 Å². The fourth-order valence-electron chi connectivity index (χ4n) is 0.962. The average Bonchev–Trinajstić information content (AvgIpc) is 2.83. The zero-order valence-electron chi connectivity index (χ0n) is 7.16. The van der Waals surface area contributed by atoms with E-state index in [2.05, 4.69) is 4.72 Å². The van der Waals surface area contributed by atoms with Crippen LogP contribution >= 0.6 is 0 Å². The first-order valence-corrected chi connectivity index (χ1v) is 5.86. The molecule has 0 aliphatic heterocycles. The van der Waals surface area contributed by atoms with Gasteiger partial charge in [0.05, 0.1) is 11.9 Å². The number of sulfonamides is 1. The van der Waals surface area contributed by atoms with Crippen LogP contribution in [-0.2, 0) is 10.0 Å². The Morgan fingerprint density at radius 3 is 2.58 bits per heavy atom. The lowest BCUT2D eigenvalue weighted by Gasteiger charge is -2.09. The lowest BCUT2D eigenvalue weighted by Crippen LogP contribution is -2.34. The molecule has 0 spiro atoms. The van der Waals surface area contributed by atoms with Crippen molar-refractivity contribution in [1.82, 2.24) is 4.72 Å². The summed E-state index contributed by atoms with van der Waals surface area (Å²) in [6.45, 7) is 1.74. The summed E-state index contributed by atoms with van der Waals surface area (Å²) in [4.78, 5) is 0. The molecule has 1 rings (SSSR count). The largest absolute Gasteiger partial charge is 0.391 e. The molecule has 2 N–H and O–H groups in total. The monoisotopic (exact) mass is 193 g/mol. The van der Waals surface area contributed by atoms with Crippen LogP contribution in [0.5, 0.6) is 0 Å². The maximum absolute atomic E-state index is 10.9. The first-order valence-electron chi connectivity index (χ1n) is 4.20. The van der Waals surface area contributed by atoms with Gasteiger partial charge in [-0.25, -0.2) is 13.1 Å². The summed E-state index contributed by atoms with van der Waals surface area (Å²) >= 11 is 0. The molecule has 1 aliphatic rings. The second-order valence-corrected chi connectivity index (χ2v) is 5.25. The molecule has 4 nitrogen and oxygen atoms in total. The minimum Gasteiger partial charge on any atom is -0.391 e. The SMILES string of the molecule is CCS(=O)(=O)NCC(O)C1CC1. The minimum absolute atomic E-state index is 0.0738. The molecular formula is C7H15NO3S. The third-order valence-corrected chi connectivity index (χ3v) is 3.43. The van der Waals surface area contributed by atoms with Crippen molar-refractivity contribution in [3.63, 3.8) is 0 Å². The van der Waals surface area contributed by atoms with Crippen molar-refractivity contribution in [2.45, 2.75) is 25.9 Å². The van der Waals surface area contributed by atoms with Gasteiger partial charge in [-0.3, -0.25) is 0 Å². The molecule has 0 aromatic heterocycles. The van der Waals surface area contributed by atoms with Gasteiger partial charge in [0.1, 0.15) is 0 Å². The molecule has 0 saturated heterocycles. The van der Waals surface area contributed by atoms with Gasteiger partial charge in [0.15, 0.2) is 0 Å². The maximum Gasteiger partial charge on any atom is 0.211 e. The Morgan fingerprint density at radius 1 is 1.58 bits per heavy atom. The normalized spacial score (nSPS) is 20.8. The van der Waals surface area contributed by atoms with Gasteiger partial charge >= 0.3 is 0 Å². The van der Waals surface area contributed by atoms with Gasteiger partial charge in [0.25, 0.3) is 0 Å². The van der Waals surface area contributed by atoms with Crippen molar-refractivity contribution in [3.05, 3.63) is 0 Å². The lowest BCUT2D eigenvalue weighted by atomic mass is 10.2. The smallest absolute Gasteiger partial charge is 0.211 e. The number of nitrogens with one attached hydrogen (secondary N) is 1. The number of hydrogen-bond donors (Lipinski definition) is 2. The molecule has 72 valence electrons. The molecule has 1 saturated carbocycles. The van der Waals surface area contributed by atoms with Crippen molar-refractivity contribution >= 4 is 10.0 Å². The van der Waals surface area contributed by atoms with Crippen molar-refractivity contribution in [2.24, 2.45) is 5.92 Å². The van der Waals surface area contributed by atoms with Crippen LogP contribution < -0.4 is 4.72 Å². The van der Waals surface area contributed by atoms with Gasteiger partial charge in [0, 0.05) is 6.54 Å². The Bertz CT molecular complexity index is 233. The molecule has 12 heavy (non-hydrogen) atoms. The zero-order chi connectivity index (χ0) is 9.19. The van der Waals surface area contributed by atoms with E-state index in [-0.39, 0.29) is 12.3 Å². The van der Waals surface area contributed by atoms with Crippen molar-refractivity contribution in [1.29, 1.82) is 0 Å². The molecule has 1 unspecified atom stereocenters. The summed E-state index contributed by atoms with van der Waals surface area (Å²) in [5.41, 5.74) is 0. The quantitative estimate of drug-likeness (QED) is 0.630. The Balaban J connectivity index is 2.24. The highest BCUT2D eigenvalue weighted by Gasteiger charge is 2.29. The summed E-state index contributed by atoms with van der Waals surface area (Å²) < 4.78 is 24.2. The van der Waals surface area contributed by atoms with E-state index in [1.54, 1.807) is 6.92 Å². The molecule has 0 amide bonds. The van der Waals surface area contributed by atoms with Crippen molar-refractivity contribution in [2.75, 3.05) is 12.3 Å². The second kappa shape index (κ2) is 3.72. The number of aliphatic hydroxyl groups excluding tert-OH is 1. The number of rotatable bonds is 5. The molecule has 0 aromatic rings. The van der Waals surface area contributed by atoms with Gasteiger partial charge in [-0.1, -0.05) is 0 Å². The molecular weight excluding hydrogens is 178 g/mol. The van der Waals surface area contributed by atoms with Crippen LogP contribution in [0.3, 0.4) is 0 Å². The Kier molecular flexibility index (Phi) is 3.09. The molecule has 5 heteroatoms. The molecule has 1 aliphatic carbocycles. The standard InChI is InChI=1S/C7H15NO3S/c1-2-12(10,11)8-5-7(9)6-3-4-6/h6-9H,2-5H2,1H3. The van der Waals surface area contributed by atoms with E-state index in [9.17, 15) is 13.5 Å². The molecule has 0 aromatic carbocycles. The summed E-state index contributed by atoms with van der Waals surface area (Å²) in [6, 6.07) is 0. The van der Waals surface area contributed by atoms with E-state index < -0.39 is 16.1 Å². The highest BCUT2D eigenvalue weighted by Crippen LogP contribution is 2.32. The third kappa shape index (κ3) is 3.08. The fraction of sp³-hybridized carbons (Fsp3) is 1.00. The first-order chi connectivity index (χ1) is 5.55. The van der Waals surface area contributed by atoms with Crippen LogP contribution in [0, 0.1) is 5.92 Å². The van der Waals surface area contributed by atoms with Crippen LogP contribution in [0.4, 0.5) is 0 Å². The third-order valence-electron chi connectivity index (χ3n) is 2.06. The molecule has 0 radical (unpaired) electrons. The van der Waals surface area contributed by atoms with Gasteiger partial charge in [-0.2, -0.15) is 0 Å². The Hall–Kier alpha value is -0.130. The Morgan fingerprint density at radius 2 is 2.17 bits per heavy atom. The van der Waals surface area contributed by atoms with Gasteiger partial charge in [0.2, 0.25) is 10.0 Å². The highest BCUT2D eigenvalue weighted by atomic mass is 32.2. The predicted octanol–water partition coefficient (Wildman–Crippen LogP) is -0.303. The van der Waals surface area contributed by atoms with Crippen molar-refractivity contribution in [3.8, 4) is 0 Å². The summed E-state index contributed by atoms with van der Waals surface area (Å²) in [5.74, 6) is 0.397. The molecule has 1 fully saturated rings. The minimum atomic E-state index is -3.13. The molecule has 0 heterocycles.